The summed E-state index contributed by atoms with van der Waals surface area (Å²) in [6.07, 6.45) is 1.71. The van der Waals surface area contributed by atoms with Crippen LogP contribution in [0.15, 0.2) is 48.8 Å². The Morgan fingerprint density at radius 3 is 2.43 bits per heavy atom. The molecule has 2 N–H and O–H groups in total. The molecule has 1 fully saturated rings. The zero-order chi connectivity index (χ0) is 16.6. The predicted octanol–water partition coefficient (Wildman–Crippen LogP) is 2.35. The van der Waals surface area contributed by atoms with Crippen LogP contribution in [0.1, 0.15) is 18.5 Å². The van der Waals surface area contributed by atoms with Gasteiger partial charge in [-0.3, -0.25) is 4.79 Å². The summed E-state index contributed by atoms with van der Waals surface area (Å²) < 4.78 is 21.0. The van der Waals surface area contributed by atoms with Gasteiger partial charge in [0, 0.05) is 18.1 Å². The van der Waals surface area contributed by atoms with Gasteiger partial charge in [-0.05, 0) is 36.8 Å². The molecule has 2 amide bonds. The molecule has 0 radical (unpaired) electrons. The highest BCUT2D eigenvalue weighted by Crippen LogP contribution is 2.37. The van der Waals surface area contributed by atoms with Crippen molar-refractivity contribution in [2.45, 2.75) is 19.1 Å². The van der Waals surface area contributed by atoms with E-state index in [1.54, 1.807) is 24.3 Å². The van der Waals surface area contributed by atoms with E-state index in [0.29, 0.717) is 5.56 Å². The van der Waals surface area contributed by atoms with Gasteiger partial charge in [-0.2, -0.15) is 0 Å². The third-order valence-corrected chi connectivity index (χ3v) is 4.05. The summed E-state index contributed by atoms with van der Waals surface area (Å²) in [6, 6.07) is 9.81. The van der Waals surface area contributed by atoms with E-state index in [9.17, 15) is 14.1 Å². The van der Waals surface area contributed by atoms with Crippen LogP contribution in [0.5, 0.6) is 0 Å². The van der Waals surface area contributed by atoms with Gasteiger partial charge in [0.25, 0.3) is 0 Å². The zero-order valence-electron chi connectivity index (χ0n) is 12.4. The molecule has 2 heterocycles. The van der Waals surface area contributed by atoms with Crippen LogP contribution in [0.25, 0.3) is 5.69 Å². The molecule has 1 aliphatic heterocycles. The molecule has 0 spiro atoms. The van der Waals surface area contributed by atoms with Crippen molar-refractivity contribution < 1.29 is 18.8 Å². The molecule has 120 valence electrons. The van der Waals surface area contributed by atoms with Gasteiger partial charge in [-0.1, -0.05) is 16.6 Å². The van der Waals surface area contributed by atoms with E-state index in [1.165, 1.54) is 6.92 Å². The maximum Gasteiger partial charge on any atom is 0.439 e. The lowest BCUT2D eigenvalue weighted by Gasteiger charge is -2.22. The first-order valence-corrected chi connectivity index (χ1v) is 7.17. The quantitative estimate of drug-likeness (QED) is 0.879. The fourth-order valence-corrected chi connectivity index (χ4v) is 2.68. The first kappa shape index (κ1) is 15.1. The minimum Gasteiger partial charge on any atom is -0.441 e. The van der Waals surface area contributed by atoms with Gasteiger partial charge in [0.1, 0.15) is 12.1 Å². The number of carbonyl (C=O) groups is 2. The van der Waals surface area contributed by atoms with Crippen molar-refractivity contribution in [2.75, 3.05) is 0 Å². The summed E-state index contributed by atoms with van der Waals surface area (Å²) in [4.78, 5) is 22.9. The number of ether oxygens (including phenoxy) is 1. The van der Waals surface area contributed by atoms with Gasteiger partial charge >= 0.3 is 6.09 Å². The Hall–Kier alpha value is -2.83. The fourth-order valence-electron chi connectivity index (χ4n) is 2.68. The number of carbonyl (C=O) groups excluding carboxylic acids is 2. The number of halogens is 1. The molecule has 3 unspecified atom stereocenters. The van der Waals surface area contributed by atoms with Gasteiger partial charge in [-0.25, -0.2) is 4.79 Å². The second-order valence-electron chi connectivity index (χ2n) is 5.48. The fraction of sp³-hybridized carbons (Fsp3) is 0.250. The summed E-state index contributed by atoms with van der Waals surface area (Å²) in [6.45, 7) is 1.51. The lowest BCUT2D eigenvalue weighted by molar-refractivity contribution is -0.124. The van der Waals surface area contributed by atoms with Crippen molar-refractivity contribution in [1.82, 2.24) is 9.69 Å². The molecule has 23 heavy (non-hydrogen) atoms. The number of nitrogens with two attached hydrogens (primary N) is 1. The minimum absolute atomic E-state index is 0.00870. The standard InChI is InChI=1S/C16H16FN3O3/c1-10(15(18)21)14-13(20(17)16(22)23-14)11-4-6-12(7-5-11)19-8-2-3-9-19/h2-10,13-14H,1H3,(H2,18,21). The van der Waals surface area contributed by atoms with Gasteiger partial charge < -0.3 is 15.0 Å². The van der Waals surface area contributed by atoms with E-state index >= 15 is 0 Å². The topological polar surface area (TPSA) is 77.6 Å². The largest absolute Gasteiger partial charge is 0.441 e. The number of primary amides is 1. The average molecular weight is 317 g/mol. The zero-order valence-corrected chi connectivity index (χ0v) is 12.4. The van der Waals surface area contributed by atoms with Gasteiger partial charge in [-0.15, -0.1) is 5.12 Å². The molecule has 3 rings (SSSR count). The average Bonchev–Trinajstić information content (AvgIpc) is 3.16. The van der Waals surface area contributed by atoms with Crippen LogP contribution in [0.3, 0.4) is 0 Å². The Morgan fingerprint density at radius 2 is 1.87 bits per heavy atom. The molecule has 2 aromatic rings. The van der Waals surface area contributed by atoms with Crippen LogP contribution in [0.2, 0.25) is 0 Å². The highest BCUT2D eigenvalue weighted by Gasteiger charge is 2.47. The predicted molar refractivity (Wildman–Crippen MR) is 80.1 cm³/mol. The summed E-state index contributed by atoms with van der Waals surface area (Å²) in [7, 11) is 0. The van der Waals surface area contributed by atoms with Crippen molar-refractivity contribution in [1.29, 1.82) is 0 Å². The number of benzene rings is 1. The molecule has 1 aromatic heterocycles. The molecule has 3 atom stereocenters. The van der Waals surface area contributed by atoms with Crippen LogP contribution in [0.4, 0.5) is 9.28 Å². The SMILES string of the molecule is CC(C(N)=O)C1OC(=O)N(F)C1c1ccc(-n2cccc2)cc1. The van der Waals surface area contributed by atoms with Crippen molar-refractivity contribution in [2.24, 2.45) is 11.7 Å². The molecule has 7 heteroatoms. The highest BCUT2D eigenvalue weighted by atomic mass is 19.2. The molecule has 1 saturated heterocycles. The summed E-state index contributed by atoms with van der Waals surface area (Å²) in [5, 5.41) is 0.00870. The maximum atomic E-state index is 14.1. The maximum absolute atomic E-state index is 14.1. The number of cyclic esters (lactones) is 1. The van der Waals surface area contributed by atoms with Crippen molar-refractivity contribution >= 4 is 12.0 Å². The Bertz CT molecular complexity index is 715. The Balaban J connectivity index is 1.91. The number of hydrogen-bond donors (Lipinski definition) is 1. The first-order valence-electron chi connectivity index (χ1n) is 7.17. The Kier molecular flexibility index (Phi) is 3.77. The number of rotatable bonds is 4. The van der Waals surface area contributed by atoms with Gasteiger partial charge in [0.05, 0.1) is 5.92 Å². The number of nitrogens with zero attached hydrogens (tertiary/aromatic N) is 2. The molecule has 0 saturated carbocycles. The molecule has 1 aliphatic rings. The lowest BCUT2D eigenvalue weighted by Crippen LogP contribution is -2.35. The summed E-state index contributed by atoms with van der Waals surface area (Å²) in [5.74, 6) is -1.44. The Labute approximate surface area is 132 Å². The molecule has 1 aromatic carbocycles. The van der Waals surface area contributed by atoms with Gasteiger partial charge in [0.15, 0.2) is 0 Å². The summed E-state index contributed by atoms with van der Waals surface area (Å²) >= 11 is 0. The third kappa shape index (κ3) is 2.65. The van der Waals surface area contributed by atoms with E-state index in [4.69, 9.17) is 10.5 Å². The third-order valence-electron chi connectivity index (χ3n) is 4.05. The van der Waals surface area contributed by atoms with Crippen molar-refractivity contribution in [3.05, 3.63) is 54.4 Å². The minimum atomic E-state index is -1.11. The molecule has 0 bridgehead atoms. The normalized spacial score (nSPS) is 22.0. The van der Waals surface area contributed by atoms with Crippen LogP contribution in [-0.4, -0.2) is 27.8 Å². The molecule has 0 aliphatic carbocycles. The Morgan fingerprint density at radius 1 is 1.26 bits per heavy atom. The first-order chi connectivity index (χ1) is 11.0. The van der Waals surface area contributed by atoms with E-state index in [-0.39, 0.29) is 5.12 Å². The highest BCUT2D eigenvalue weighted by molar-refractivity contribution is 5.79. The number of aromatic nitrogens is 1. The van der Waals surface area contributed by atoms with Crippen LogP contribution >= 0.6 is 0 Å². The van der Waals surface area contributed by atoms with E-state index in [0.717, 1.165) is 5.69 Å². The van der Waals surface area contributed by atoms with Crippen molar-refractivity contribution in [3.8, 4) is 5.69 Å². The molecule has 6 nitrogen and oxygen atoms in total. The smallest absolute Gasteiger partial charge is 0.439 e. The van der Waals surface area contributed by atoms with Crippen LogP contribution in [-0.2, 0) is 9.53 Å². The monoisotopic (exact) mass is 317 g/mol. The summed E-state index contributed by atoms with van der Waals surface area (Å²) in [5.41, 5.74) is 6.69. The number of amides is 2. The van der Waals surface area contributed by atoms with E-state index in [1.807, 2.05) is 29.1 Å². The molecular formula is C16H16FN3O3. The second kappa shape index (κ2) is 5.75. The van der Waals surface area contributed by atoms with Gasteiger partial charge in [0.2, 0.25) is 5.91 Å². The second-order valence-corrected chi connectivity index (χ2v) is 5.48. The lowest BCUT2D eigenvalue weighted by atomic mass is 9.92. The van der Waals surface area contributed by atoms with Crippen molar-refractivity contribution in [3.63, 3.8) is 0 Å². The van der Waals surface area contributed by atoms with Crippen LogP contribution in [0, 0.1) is 5.92 Å². The number of hydrogen-bond acceptors (Lipinski definition) is 3. The van der Waals surface area contributed by atoms with E-state index in [2.05, 4.69) is 0 Å². The molecular weight excluding hydrogens is 301 g/mol. The van der Waals surface area contributed by atoms with E-state index < -0.39 is 30.1 Å². The van der Waals surface area contributed by atoms with Crippen LogP contribution < -0.4 is 5.73 Å².